The second-order valence-electron chi connectivity index (χ2n) is 5.43. The largest absolute Gasteiger partial charge is 0.353 e. The maximum absolute atomic E-state index is 3.73. The van der Waals surface area contributed by atoms with Crippen molar-refractivity contribution in [3.63, 3.8) is 0 Å². The zero-order valence-corrected chi connectivity index (χ0v) is 13.3. The Kier molecular flexibility index (Phi) is 6.32. The van der Waals surface area contributed by atoms with Gasteiger partial charge in [0.05, 0.1) is 0 Å². The fourth-order valence-electron chi connectivity index (χ4n) is 2.89. The Balaban J connectivity index is 2.03. The van der Waals surface area contributed by atoms with Crippen LogP contribution < -0.4 is 5.32 Å². The third kappa shape index (κ3) is 4.28. The summed E-state index contributed by atoms with van der Waals surface area (Å²) in [5, 5.41) is 3.73. The lowest BCUT2D eigenvalue weighted by molar-refractivity contribution is 0.488. The molecule has 1 heterocycles. The molecule has 0 amide bonds. The Morgan fingerprint density at radius 1 is 1.32 bits per heavy atom. The molecule has 1 unspecified atom stereocenters. The van der Waals surface area contributed by atoms with Crippen molar-refractivity contribution in [3.8, 4) is 0 Å². The van der Waals surface area contributed by atoms with Gasteiger partial charge >= 0.3 is 0 Å². The molecule has 0 spiro atoms. The molecule has 2 rings (SSSR count). The van der Waals surface area contributed by atoms with Gasteiger partial charge in [-0.2, -0.15) is 11.8 Å². The van der Waals surface area contributed by atoms with E-state index in [4.69, 9.17) is 0 Å². The zero-order chi connectivity index (χ0) is 13.5. The number of nitrogens with one attached hydrogen (secondary N) is 1. The van der Waals surface area contributed by atoms with Gasteiger partial charge in [-0.25, -0.2) is 0 Å². The molecular weight excluding hydrogens is 252 g/mol. The Morgan fingerprint density at radius 3 is 3.00 bits per heavy atom. The summed E-state index contributed by atoms with van der Waals surface area (Å²) >= 11 is 2.03. The highest BCUT2D eigenvalue weighted by Gasteiger charge is 2.19. The second kappa shape index (κ2) is 8.01. The van der Waals surface area contributed by atoms with Gasteiger partial charge in [-0.15, -0.1) is 0 Å². The van der Waals surface area contributed by atoms with Crippen LogP contribution >= 0.6 is 11.8 Å². The van der Waals surface area contributed by atoms with Gasteiger partial charge in [0, 0.05) is 30.7 Å². The second-order valence-corrected chi connectivity index (χ2v) is 6.82. The highest BCUT2D eigenvalue weighted by atomic mass is 32.2. The van der Waals surface area contributed by atoms with Gasteiger partial charge in [0.25, 0.3) is 0 Å². The Labute approximate surface area is 122 Å². The van der Waals surface area contributed by atoms with Crippen LogP contribution in [0.3, 0.4) is 0 Å². The summed E-state index contributed by atoms with van der Waals surface area (Å²) in [6.45, 7) is 6.78. The maximum Gasteiger partial charge on any atom is 0.0338 e. The van der Waals surface area contributed by atoms with E-state index in [1.807, 2.05) is 11.8 Å². The van der Waals surface area contributed by atoms with Crippen molar-refractivity contribution < 1.29 is 0 Å². The third-order valence-electron chi connectivity index (χ3n) is 3.90. The Bertz CT molecular complexity index is 373. The maximum atomic E-state index is 3.73. The molecule has 0 saturated heterocycles. The normalized spacial score (nSPS) is 19.2. The molecule has 1 N–H and O–H groups in total. The molecule has 1 aromatic heterocycles. The monoisotopic (exact) mass is 280 g/mol. The molecule has 3 heteroatoms. The molecule has 0 aromatic carbocycles. The van der Waals surface area contributed by atoms with Crippen LogP contribution in [-0.4, -0.2) is 22.6 Å². The number of hydrogen-bond donors (Lipinski definition) is 1. The van der Waals surface area contributed by atoms with E-state index in [1.54, 1.807) is 11.1 Å². The lowest BCUT2D eigenvalue weighted by atomic mass is 10.0. The summed E-state index contributed by atoms with van der Waals surface area (Å²) in [5.41, 5.74) is 3.17. The molecule has 0 aliphatic heterocycles. The molecule has 0 bridgehead atoms. The first kappa shape index (κ1) is 15.0. The molecule has 0 saturated carbocycles. The minimum Gasteiger partial charge on any atom is -0.353 e. The van der Waals surface area contributed by atoms with Crippen molar-refractivity contribution in [2.75, 3.05) is 18.1 Å². The van der Waals surface area contributed by atoms with Gasteiger partial charge in [0.1, 0.15) is 0 Å². The van der Waals surface area contributed by atoms with Crippen molar-refractivity contribution in [1.29, 1.82) is 0 Å². The number of hydrogen-bond acceptors (Lipinski definition) is 2. The van der Waals surface area contributed by atoms with Crippen LogP contribution in [0.1, 0.15) is 56.7 Å². The minimum absolute atomic E-state index is 0.595. The Morgan fingerprint density at radius 2 is 2.21 bits per heavy atom. The molecule has 19 heavy (non-hydrogen) atoms. The number of thioether (sulfide) groups is 1. The van der Waals surface area contributed by atoms with E-state index in [0.29, 0.717) is 6.04 Å². The molecule has 1 aliphatic rings. The van der Waals surface area contributed by atoms with E-state index in [9.17, 15) is 0 Å². The van der Waals surface area contributed by atoms with E-state index in [-0.39, 0.29) is 0 Å². The van der Waals surface area contributed by atoms with Crippen LogP contribution in [0.15, 0.2) is 12.4 Å². The van der Waals surface area contributed by atoms with Crippen LogP contribution in [0, 0.1) is 0 Å². The molecule has 0 radical (unpaired) electrons. The van der Waals surface area contributed by atoms with Crippen LogP contribution in [-0.2, 0) is 13.0 Å². The molecular formula is C16H28N2S. The zero-order valence-electron chi connectivity index (χ0n) is 12.5. The molecule has 0 fully saturated rings. The quantitative estimate of drug-likeness (QED) is 0.600. The van der Waals surface area contributed by atoms with Gasteiger partial charge in [-0.1, -0.05) is 20.3 Å². The molecule has 2 nitrogen and oxygen atoms in total. The fourth-order valence-corrected chi connectivity index (χ4v) is 3.52. The van der Waals surface area contributed by atoms with Crippen molar-refractivity contribution >= 4 is 11.8 Å². The molecule has 1 atom stereocenters. The van der Waals surface area contributed by atoms with E-state index in [0.717, 1.165) is 13.1 Å². The lowest BCUT2D eigenvalue weighted by Crippen LogP contribution is -2.21. The van der Waals surface area contributed by atoms with Gasteiger partial charge in [0.15, 0.2) is 0 Å². The van der Waals surface area contributed by atoms with E-state index in [1.165, 1.54) is 43.6 Å². The summed E-state index contributed by atoms with van der Waals surface area (Å²) in [5.74, 6) is 2.46. The van der Waals surface area contributed by atoms with Gasteiger partial charge in [-0.05, 0) is 49.1 Å². The summed E-state index contributed by atoms with van der Waals surface area (Å²) < 4.78 is 2.42. The van der Waals surface area contributed by atoms with Crippen LogP contribution in [0.2, 0.25) is 0 Å². The number of aryl methyl sites for hydroxylation is 2. The minimum atomic E-state index is 0.595. The number of nitrogens with zero attached hydrogens (tertiary/aromatic N) is 1. The van der Waals surface area contributed by atoms with Crippen molar-refractivity contribution in [2.45, 2.75) is 58.5 Å². The summed E-state index contributed by atoms with van der Waals surface area (Å²) in [4.78, 5) is 0. The predicted molar refractivity (Wildman–Crippen MR) is 86.0 cm³/mol. The number of fused-ring (bicyclic) bond motifs is 1. The highest BCUT2D eigenvalue weighted by molar-refractivity contribution is 7.99. The summed E-state index contributed by atoms with van der Waals surface area (Å²) in [6, 6.07) is 0.595. The smallest absolute Gasteiger partial charge is 0.0338 e. The number of rotatable bonds is 7. The van der Waals surface area contributed by atoms with Crippen molar-refractivity contribution in [1.82, 2.24) is 9.88 Å². The third-order valence-corrected chi connectivity index (χ3v) is 4.78. The fraction of sp³-hybridized carbons (Fsp3) is 0.750. The molecule has 108 valence electrons. The molecule has 1 aromatic rings. The average Bonchev–Trinajstić information content (AvgIpc) is 2.72. The first-order valence-electron chi connectivity index (χ1n) is 7.84. The van der Waals surface area contributed by atoms with Crippen LogP contribution in [0.25, 0.3) is 0 Å². The van der Waals surface area contributed by atoms with Crippen molar-refractivity contribution in [2.24, 2.45) is 0 Å². The summed E-state index contributed by atoms with van der Waals surface area (Å²) in [6.07, 6.45) is 11.3. The summed E-state index contributed by atoms with van der Waals surface area (Å²) in [7, 11) is 0. The topological polar surface area (TPSA) is 17.0 Å². The van der Waals surface area contributed by atoms with Crippen molar-refractivity contribution in [3.05, 3.63) is 23.5 Å². The first-order valence-corrected chi connectivity index (χ1v) is 9.00. The Hall–Kier alpha value is -0.410. The highest BCUT2D eigenvalue weighted by Crippen LogP contribution is 2.29. The average molecular weight is 280 g/mol. The van der Waals surface area contributed by atoms with Crippen LogP contribution in [0.5, 0.6) is 0 Å². The lowest BCUT2D eigenvalue weighted by Gasteiger charge is -2.16. The van der Waals surface area contributed by atoms with Gasteiger partial charge in [0.2, 0.25) is 0 Å². The van der Waals surface area contributed by atoms with E-state index < -0.39 is 0 Å². The predicted octanol–water partition coefficient (Wildman–Crippen LogP) is 4.01. The first-order chi connectivity index (χ1) is 9.35. The van der Waals surface area contributed by atoms with E-state index >= 15 is 0 Å². The van der Waals surface area contributed by atoms with Gasteiger partial charge < -0.3 is 9.88 Å². The standard InChI is InChI=1S/C16H28N2S/c1-3-9-17-16-8-6-5-7-14-12-18(13-15(14)16)10-11-19-4-2/h12-13,16-17H,3-11H2,1-2H3. The van der Waals surface area contributed by atoms with Gasteiger partial charge in [-0.3, -0.25) is 0 Å². The van der Waals surface area contributed by atoms with E-state index in [2.05, 4.69) is 36.1 Å². The SMILES string of the molecule is CCCNC1CCCCc2cn(CCSCC)cc21. The number of aromatic nitrogens is 1. The van der Waals surface area contributed by atoms with Crippen LogP contribution in [0.4, 0.5) is 0 Å². The molecule has 1 aliphatic carbocycles.